The molecule has 0 bridgehead atoms. The van der Waals surface area contributed by atoms with Crippen LogP contribution >= 0.6 is 0 Å². The summed E-state index contributed by atoms with van der Waals surface area (Å²) in [5.74, 6) is 3.66. The molecule has 188 valence electrons. The van der Waals surface area contributed by atoms with Gasteiger partial charge in [-0.05, 0) is 104 Å². The summed E-state index contributed by atoms with van der Waals surface area (Å²) < 4.78 is 0. The third-order valence-electron chi connectivity index (χ3n) is 10.7. The second-order valence-electron chi connectivity index (χ2n) is 12.4. The van der Waals surface area contributed by atoms with Crippen molar-refractivity contribution < 1.29 is 15.2 Å². The van der Waals surface area contributed by atoms with Crippen LogP contribution in [0.2, 0.25) is 0 Å². The molecule has 0 aromatic rings. The van der Waals surface area contributed by atoms with E-state index < -0.39 is 0 Å². The zero-order valence-electron chi connectivity index (χ0n) is 21.7. The van der Waals surface area contributed by atoms with Crippen molar-refractivity contribution in [1.82, 2.24) is 0 Å². The molecule has 5 heteroatoms. The van der Waals surface area contributed by atoms with Gasteiger partial charge in [0.25, 0.3) is 0 Å². The van der Waals surface area contributed by atoms with Crippen LogP contribution in [-0.4, -0.2) is 28.1 Å². The van der Waals surface area contributed by atoms with Gasteiger partial charge in [0.1, 0.15) is 0 Å². The summed E-state index contributed by atoms with van der Waals surface area (Å²) in [4.78, 5) is 12.1. The van der Waals surface area contributed by atoms with E-state index in [2.05, 4.69) is 51.0 Å². The highest BCUT2D eigenvalue weighted by atomic mass is 16.4. The molecule has 8 atom stereocenters. The Labute approximate surface area is 205 Å². The minimum absolute atomic E-state index is 0.00781. The summed E-state index contributed by atoms with van der Waals surface area (Å²) in [5, 5.41) is 26.7. The Balaban J connectivity index is 1.60. The average molecular weight is 469 g/mol. The molecule has 0 aromatic heterocycles. The van der Waals surface area contributed by atoms with Gasteiger partial charge in [-0.15, -0.1) is 5.16 Å². The summed E-state index contributed by atoms with van der Waals surface area (Å²) in [7, 11) is 0. The maximum absolute atomic E-state index is 12.1. The topological polar surface area (TPSA) is 82.2 Å². The standard InChI is InChI=1S/C29H44N2O3/c1-6-19(18(2)3)7-8-20(17-30-33)23-9-10-24-22-16-27(31-34)26-15-21(32)11-13-29(26,5)25(22)12-14-28(23,24)4/h11,13,15,17-20,22-25,33-34H,6-10,12,14,16H2,1-5H3/b30-17+,31-27+/t19?,20-,22-,23+,24-,25-,28+,29+/m0/s1. The first kappa shape index (κ1) is 25.2. The highest BCUT2D eigenvalue weighted by Gasteiger charge is 2.60. The molecule has 4 aliphatic carbocycles. The zero-order valence-corrected chi connectivity index (χ0v) is 21.7. The van der Waals surface area contributed by atoms with Crippen LogP contribution in [0.25, 0.3) is 0 Å². The molecule has 0 spiro atoms. The smallest absolute Gasteiger partial charge is 0.178 e. The molecule has 2 N–H and O–H groups in total. The molecule has 0 radical (unpaired) electrons. The molecule has 4 aliphatic rings. The van der Waals surface area contributed by atoms with Crippen molar-refractivity contribution in [2.45, 2.75) is 86.0 Å². The van der Waals surface area contributed by atoms with Gasteiger partial charge < -0.3 is 10.4 Å². The number of nitrogens with zero attached hydrogens (tertiary/aromatic N) is 2. The van der Waals surface area contributed by atoms with Crippen LogP contribution in [0.5, 0.6) is 0 Å². The number of ketones is 1. The van der Waals surface area contributed by atoms with Crippen LogP contribution in [0.15, 0.2) is 34.1 Å². The summed E-state index contributed by atoms with van der Waals surface area (Å²) >= 11 is 0. The lowest BCUT2D eigenvalue weighted by Crippen LogP contribution is -2.52. The van der Waals surface area contributed by atoms with Gasteiger partial charge in [-0.25, -0.2) is 0 Å². The Morgan fingerprint density at radius 1 is 1.15 bits per heavy atom. The predicted octanol–water partition coefficient (Wildman–Crippen LogP) is 6.89. The van der Waals surface area contributed by atoms with Crippen molar-refractivity contribution in [3.8, 4) is 0 Å². The molecule has 4 rings (SSSR count). The molecular weight excluding hydrogens is 424 g/mol. The monoisotopic (exact) mass is 468 g/mol. The van der Waals surface area contributed by atoms with Crippen molar-refractivity contribution in [1.29, 1.82) is 0 Å². The van der Waals surface area contributed by atoms with Gasteiger partial charge in [0, 0.05) is 17.5 Å². The van der Waals surface area contributed by atoms with Crippen LogP contribution in [0.1, 0.15) is 86.0 Å². The largest absolute Gasteiger partial charge is 0.411 e. The highest BCUT2D eigenvalue weighted by molar-refractivity contribution is 6.12. The minimum atomic E-state index is -0.241. The Hall–Kier alpha value is -1.91. The lowest BCUT2D eigenvalue weighted by atomic mass is 9.47. The van der Waals surface area contributed by atoms with E-state index in [1.54, 1.807) is 12.2 Å². The Bertz CT molecular complexity index is 903. The summed E-state index contributed by atoms with van der Waals surface area (Å²) in [6.07, 6.45) is 16.2. The number of carbonyl (C=O) groups excluding carboxylic acids is 1. The molecule has 5 nitrogen and oxygen atoms in total. The van der Waals surface area contributed by atoms with E-state index in [4.69, 9.17) is 0 Å². The van der Waals surface area contributed by atoms with E-state index in [0.29, 0.717) is 47.1 Å². The van der Waals surface area contributed by atoms with Gasteiger partial charge in [-0.3, -0.25) is 4.79 Å². The molecule has 3 fully saturated rings. The maximum Gasteiger partial charge on any atom is 0.178 e. The quantitative estimate of drug-likeness (QED) is 0.242. The minimum Gasteiger partial charge on any atom is -0.411 e. The van der Waals surface area contributed by atoms with E-state index in [-0.39, 0.29) is 16.6 Å². The van der Waals surface area contributed by atoms with Crippen LogP contribution < -0.4 is 0 Å². The fraction of sp³-hybridized carbons (Fsp3) is 0.759. The number of carbonyl (C=O) groups is 1. The van der Waals surface area contributed by atoms with Gasteiger partial charge >= 0.3 is 0 Å². The number of allylic oxidation sites excluding steroid dienone is 4. The normalized spacial score (nSPS) is 40.2. The second kappa shape index (κ2) is 9.62. The molecular formula is C29H44N2O3. The first-order valence-corrected chi connectivity index (χ1v) is 13.5. The van der Waals surface area contributed by atoms with E-state index in [9.17, 15) is 15.2 Å². The van der Waals surface area contributed by atoms with E-state index in [1.807, 2.05) is 6.21 Å². The third-order valence-corrected chi connectivity index (χ3v) is 10.7. The molecule has 0 heterocycles. The summed E-state index contributed by atoms with van der Waals surface area (Å²) in [5.41, 5.74) is 1.57. The van der Waals surface area contributed by atoms with Gasteiger partial charge in [0.15, 0.2) is 5.78 Å². The SMILES string of the molecule is CCC(CC[C@@H](/C=N/O)[C@H]1CC[C@H]2[C@@H]3C/C(=N\O)C4=CC(=O)C=C[C@]4(C)[C@H]3CC[C@]12C)C(C)C. The lowest BCUT2D eigenvalue weighted by molar-refractivity contribution is -0.110. The van der Waals surface area contributed by atoms with Gasteiger partial charge in [0.05, 0.1) is 5.71 Å². The highest BCUT2D eigenvalue weighted by Crippen LogP contribution is 2.66. The average Bonchev–Trinajstić information content (AvgIpc) is 3.16. The van der Waals surface area contributed by atoms with Crippen molar-refractivity contribution in [2.75, 3.05) is 0 Å². The molecule has 1 unspecified atom stereocenters. The number of hydrogen-bond acceptors (Lipinski definition) is 5. The molecule has 0 aliphatic heterocycles. The van der Waals surface area contributed by atoms with Crippen LogP contribution in [-0.2, 0) is 4.79 Å². The lowest BCUT2D eigenvalue weighted by Gasteiger charge is -2.57. The zero-order chi connectivity index (χ0) is 24.7. The van der Waals surface area contributed by atoms with Crippen LogP contribution in [0, 0.1) is 52.3 Å². The first-order chi connectivity index (χ1) is 16.2. The fourth-order valence-electron chi connectivity index (χ4n) is 8.78. The molecule has 0 aromatic carbocycles. The van der Waals surface area contributed by atoms with Crippen molar-refractivity contribution in [3.05, 3.63) is 23.8 Å². The van der Waals surface area contributed by atoms with Gasteiger partial charge in [-0.1, -0.05) is 52.3 Å². The number of hydrogen-bond donors (Lipinski definition) is 2. The van der Waals surface area contributed by atoms with Crippen molar-refractivity contribution >= 4 is 17.7 Å². The second-order valence-corrected chi connectivity index (χ2v) is 12.4. The Morgan fingerprint density at radius 3 is 2.56 bits per heavy atom. The fourth-order valence-corrected chi connectivity index (χ4v) is 8.78. The molecule has 0 amide bonds. The Morgan fingerprint density at radius 2 is 1.91 bits per heavy atom. The Kier molecular flexibility index (Phi) is 7.13. The number of rotatable bonds is 7. The predicted molar refractivity (Wildman–Crippen MR) is 136 cm³/mol. The van der Waals surface area contributed by atoms with E-state index >= 15 is 0 Å². The summed E-state index contributed by atoms with van der Waals surface area (Å²) in [6.45, 7) is 11.6. The van der Waals surface area contributed by atoms with Crippen LogP contribution in [0.3, 0.4) is 0 Å². The van der Waals surface area contributed by atoms with E-state index in [1.165, 1.54) is 25.7 Å². The number of oxime groups is 2. The maximum atomic E-state index is 12.1. The van der Waals surface area contributed by atoms with Gasteiger partial charge in [0.2, 0.25) is 0 Å². The molecule has 0 saturated heterocycles. The summed E-state index contributed by atoms with van der Waals surface area (Å²) in [6, 6.07) is 0. The molecule has 34 heavy (non-hydrogen) atoms. The van der Waals surface area contributed by atoms with E-state index in [0.717, 1.165) is 31.3 Å². The third kappa shape index (κ3) is 4.07. The molecule has 3 saturated carbocycles. The van der Waals surface area contributed by atoms with Crippen molar-refractivity contribution in [3.63, 3.8) is 0 Å². The van der Waals surface area contributed by atoms with Gasteiger partial charge in [-0.2, -0.15) is 0 Å². The number of fused-ring (bicyclic) bond motifs is 5. The van der Waals surface area contributed by atoms with Crippen molar-refractivity contribution in [2.24, 2.45) is 62.6 Å². The van der Waals surface area contributed by atoms with Crippen LogP contribution in [0.4, 0.5) is 0 Å². The first-order valence-electron chi connectivity index (χ1n) is 13.5.